The van der Waals surface area contributed by atoms with E-state index in [9.17, 15) is 4.79 Å². The van der Waals surface area contributed by atoms with Crippen molar-refractivity contribution in [3.05, 3.63) is 30.5 Å². The van der Waals surface area contributed by atoms with Gasteiger partial charge in [-0.1, -0.05) is 19.1 Å². The molecule has 1 N–H and O–H groups in total. The Kier molecular flexibility index (Phi) is 9.91. The molecule has 0 radical (unpaired) electrons. The molecule has 3 fully saturated rings. The number of nitrogens with one attached hydrogen (secondary N) is 1. The van der Waals surface area contributed by atoms with Crippen LogP contribution in [0.1, 0.15) is 39.0 Å². The lowest BCUT2D eigenvalue weighted by molar-refractivity contribution is 0.122. The van der Waals surface area contributed by atoms with Crippen LogP contribution in [0.4, 0.5) is 16.4 Å². The number of likely N-dealkylation sites (tertiary alicyclic amines) is 1. The third-order valence-corrected chi connectivity index (χ3v) is 7.83. The van der Waals surface area contributed by atoms with E-state index in [0.717, 1.165) is 62.6 Å². The van der Waals surface area contributed by atoms with Crippen molar-refractivity contribution in [3.63, 3.8) is 0 Å². The van der Waals surface area contributed by atoms with Gasteiger partial charge in [0.2, 0.25) is 11.8 Å². The maximum absolute atomic E-state index is 11.9. The van der Waals surface area contributed by atoms with E-state index in [2.05, 4.69) is 46.4 Å². The largest absolute Gasteiger partial charge is 0.477 e. The SMILES string of the molecule is COC(=O)N1CC[C@@H](COc2nc(N[C@H]3CC[C@@H](C)CC3)ncc2-c2ccc(N3CCOCC3)cc2)C1.Cl. The highest BCUT2D eigenvalue weighted by Crippen LogP contribution is 2.32. The summed E-state index contributed by atoms with van der Waals surface area (Å²) in [6.07, 6.45) is 7.21. The number of aromatic nitrogens is 2. The van der Waals surface area contributed by atoms with E-state index in [0.29, 0.717) is 37.6 Å². The van der Waals surface area contributed by atoms with Crippen LogP contribution in [0.25, 0.3) is 11.1 Å². The van der Waals surface area contributed by atoms with Gasteiger partial charge in [0.05, 0.1) is 32.5 Å². The first kappa shape index (κ1) is 28.2. The number of morpholine rings is 1. The molecule has 1 amide bonds. The monoisotopic (exact) mass is 545 g/mol. The van der Waals surface area contributed by atoms with Crippen LogP contribution in [0.5, 0.6) is 5.88 Å². The Bertz CT molecular complexity index is 1040. The molecular formula is C28H40ClN5O4. The predicted molar refractivity (Wildman–Crippen MR) is 150 cm³/mol. The van der Waals surface area contributed by atoms with Gasteiger partial charge in [0.1, 0.15) is 0 Å². The molecular weight excluding hydrogens is 506 g/mol. The van der Waals surface area contributed by atoms with Crippen molar-refractivity contribution < 1.29 is 19.0 Å². The molecule has 2 aromatic rings. The zero-order valence-electron chi connectivity index (χ0n) is 22.4. The van der Waals surface area contributed by atoms with Crippen molar-refractivity contribution in [1.82, 2.24) is 14.9 Å². The average Bonchev–Trinajstić information content (AvgIpc) is 3.43. The first-order valence-electron chi connectivity index (χ1n) is 13.6. The van der Waals surface area contributed by atoms with Gasteiger partial charge in [-0.25, -0.2) is 9.78 Å². The Morgan fingerprint density at radius 3 is 2.53 bits per heavy atom. The minimum absolute atomic E-state index is 0. The Labute approximate surface area is 231 Å². The number of hydrogen-bond acceptors (Lipinski definition) is 8. The highest BCUT2D eigenvalue weighted by molar-refractivity contribution is 5.85. The molecule has 5 rings (SSSR count). The molecule has 1 aromatic carbocycles. The van der Waals surface area contributed by atoms with Crippen LogP contribution in [0.2, 0.25) is 0 Å². The number of anilines is 2. The second-order valence-electron chi connectivity index (χ2n) is 10.5. The summed E-state index contributed by atoms with van der Waals surface area (Å²) < 4.78 is 16.7. The van der Waals surface area contributed by atoms with Crippen LogP contribution in [0, 0.1) is 11.8 Å². The lowest BCUT2D eigenvalue weighted by atomic mass is 9.87. The summed E-state index contributed by atoms with van der Waals surface area (Å²) in [5.74, 6) is 2.22. The minimum Gasteiger partial charge on any atom is -0.477 e. The Morgan fingerprint density at radius 2 is 1.82 bits per heavy atom. The minimum atomic E-state index is -0.279. The van der Waals surface area contributed by atoms with Crippen molar-refractivity contribution in [1.29, 1.82) is 0 Å². The first-order valence-corrected chi connectivity index (χ1v) is 13.6. The molecule has 2 saturated heterocycles. The summed E-state index contributed by atoms with van der Waals surface area (Å²) >= 11 is 0. The van der Waals surface area contributed by atoms with Crippen LogP contribution in [-0.4, -0.2) is 80.1 Å². The predicted octanol–water partition coefficient (Wildman–Crippen LogP) is 4.86. The number of halogens is 1. The van der Waals surface area contributed by atoms with Gasteiger partial charge in [0, 0.05) is 50.0 Å². The number of benzene rings is 1. The number of ether oxygens (including phenoxy) is 3. The van der Waals surface area contributed by atoms with Crippen molar-refractivity contribution in [2.45, 2.75) is 45.1 Å². The molecule has 2 aliphatic heterocycles. The molecule has 0 spiro atoms. The zero-order chi connectivity index (χ0) is 25.6. The molecule has 208 valence electrons. The number of methoxy groups -OCH3 is 1. The van der Waals surface area contributed by atoms with Crippen LogP contribution < -0.4 is 15.0 Å². The normalized spacial score (nSPS) is 23.5. The molecule has 1 aliphatic carbocycles. The molecule has 0 bridgehead atoms. The van der Waals surface area contributed by atoms with Gasteiger partial charge in [-0.3, -0.25) is 0 Å². The standard InChI is InChI=1S/C28H39N5O4.ClH/c1-20-3-7-23(8-4-20)30-27-29-17-25(22-5-9-24(10-6-22)32-13-15-36-16-14-32)26(31-27)37-19-21-11-12-33(18-21)28(34)35-2;/h5-6,9-10,17,20-21,23H,3-4,7-8,11-16,18-19H2,1-2H3,(H,29,30,31);1H/t20-,21-,23+;/m1./s1. The maximum atomic E-state index is 11.9. The molecule has 1 atom stereocenters. The second kappa shape index (κ2) is 13.3. The van der Waals surface area contributed by atoms with Gasteiger partial charge >= 0.3 is 6.09 Å². The average molecular weight is 546 g/mol. The van der Waals surface area contributed by atoms with Gasteiger partial charge in [-0.2, -0.15) is 4.98 Å². The summed E-state index contributed by atoms with van der Waals surface area (Å²) in [6, 6.07) is 8.91. The van der Waals surface area contributed by atoms with Crippen molar-refractivity contribution in [2.24, 2.45) is 11.8 Å². The van der Waals surface area contributed by atoms with E-state index < -0.39 is 0 Å². The summed E-state index contributed by atoms with van der Waals surface area (Å²) in [5.41, 5.74) is 3.08. The van der Waals surface area contributed by atoms with E-state index in [4.69, 9.17) is 19.2 Å². The molecule has 3 heterocycles. The molecule has 38 heavy (non-hydrogen) atoms. The third kappa shape index (κ3) is 6.99. The molecule has 0 unspecified atom stereocenters. The molecule has 3 aliphatic rings. The van der Waals surface area contributed by atoms with E-state index in [1.165, 1.54) is 25.6 Å². The van der Waals surface area contributed by atoms with E-state index in [-0.39, 0.29) is 24.4 Å². The van der Waals surface area contributed by atoms with Gasteiger partial charge < -0.3 is 29.3 Å². The number of carbonyl (C=O) groups is 1. The number of nitrogens with zero attached hydrogens (tertiary/aromatic N) is 4. The number of rotatable bonds is 7. The van der Waals surface area contributed by atoms with Gasteiger partial charge in [-0.05, 0) is 55.7 Å². The topological polar surface area (TPSA) is 89.0 Å². The van der Waals surface area contributed by atoms with E-state index in [1.54, 1.807) is 4.90 Å². The lowest BCUT2D eigenvalue weighted by Crippen LogP contribution is -2.36. The fraction of sp³-hybridized carbons (Fsp3) is 0.607. The van der Waals surface area contributed by atoms with Crippen molar-refractivity contribution in [3.8, 4) is 17.0 Å². The Balaban J connectivity index is 0.00000336. The van der Waals surface area contributed by atoms with Crippen molar-refractivity contribution >= 4 is 30.1 Å². The highest BCUT2D eigenvalue weighted by atomic mass is 35.5. The Morgan fingerprint density at radius 1 is 1.08 bits per heavy atom. The van der Waals surface area contributed by atoms with Crippen LogP contribution in [-0.2, 0) is 9.47 Å². The first-order chi connectivity index (χ1) is 18.1. The van der Waals surface area contributed by atoms with Gasteiger partial charge in [0.15, 0.2) is 0 Å². The smallest absolute Gasteiger partial charge is 0.409 e. The van der Waals surface area contributed by atoms with Crippen LogP contribution in [0.15, 0.2) is 30.5 Å². The third-order valence-electron chi connectivity index (χ3n) is 7.83. The zero-order valence-corrected chi connectivity index (χ0v) is 23.3. The fourth-order valence-electron chi connectivity index (χ4n) is 5.46. The molecule has 9 nitrogen and oxygen atoms in total. The van der Waals surface area contributed by atoms with Crippen molar-refractivity contribution in [2.75, 3.05) is 63.3 Å². The van der Waals surface area contributed by atoms with Crippen LogP contribution >= 0.6 is 12.4 Å². The molecule has 1 aromatic heterocycles. The summed E-state index contributed by atoms with van der Waals surface area (Å²) in [6.45, 7) is 7.46. The highest BCUT2D eigenvalue weighted by Gasteiger charge is 2.28. The number of carbonyl (C=O) groups excluding carboxylic acids is 1. The summed E-state index contributed by atoms with van der Waals surface area (Å²) in [7, 11) is 1.42. The summed E-state index contributed by atoms with van der Waals surface area (Å²) in [4.78, 5) is 25.5. The molecule has 10 heteroatoms. The number of hydrogen-bond donors (Lipinski definition) is 1. The van der Waals surface area contributed by atoms with E-state index in [1.807, 2.05) is 6.20 Å². The lowest BCUT2D eigenvalue weighted by Gasteiger charge is -2.29. The maximum Gasteiger partial charge on any atom is 0.409 e. The summed E-state index contributed by atoms with van der Waals surface area (Å²) in [5, 5.41) is 3.54. The fourth-order valence-corrected chi connectivity index (χ4v) is 5.46. The Hall–Kier alpha value is -2.78. The molecule has 1 saturated carbocycles. The quantitative estimate of drug-likeness (QED) is 0.527. The van der Waals surface area contributed by atoms with E-state index >= 15 is 0 Å². The van der Waals surface area contributed by atoms with Gasteiger partial charge in [-0.15, -0.1) is 12.4 Å². The van der Waals surface area contributed by atoms with Gasteiger partial charge in [0.25, 0.3) is 0 Å². The second-order valence-corrected chi connectivity index (χ2v) is 10.5. The number of amides is 1. The van der Waals surface area contributed by atoms with Crippen LogP contribution in [0.3, 0.4) is 0 Å².